The third kappa shape index (κ3) is 2.53. The molecule has 26 heavy (non-hydrogen) atoms. The number of carboxylic acids is 1. The zero-order valence-electron chi connectivity index (χ0n) is 13.4. The normalized spacial score (nSPS) is 16.3. The summed E-state index contributed by atoms with van der Waals surface area (Å²) >= 11 is 0. The minimum absolute atomic E-state index is 0.0912. The molecule has 1 aliphatic rings. The Balaban J connectivity index is 1.66. The molecule has 8 nitrogen and oxygen atoms in total. The van der Waals surface area contributed by atoms with Crippen LogP contribution in [0.4, 0.5) is 4.39 Å². The van der Waals surface area contributed by atoms with Gasteiger partial charge in [-0.1, -0.05) is 12.1 Å². The van der Waals surface area contributed by atoms with Crippen LogP contribution in [0.1, 0.15) is 27.9 Å². The van der Waals surface area contributed by atoms with Crippen molar-refractivity contribution in [3.05, 3.63) is 59.6 Å². The van der Waals surface area contributed by atoms with E-state index in [2.05, 4.69) is 20.2 Å². The van der Waals surface area contributed by atoms with Gasteiger partial charge in [-0.05, 0) is 18.2 Å². The van der Waals surface area contributed by atoms with Gasteiger partial charge in [-0.15, -0.1) is 0 Å². The lowest BCUT2D eigenvalue weighted by molar-refractivity contribution is -0.143. The van der Waals surface area contributed by atoms with E-state index in [4.69, 9.17) is 0 Å². The molecule has 3 heterocycles. The summed E-state index contributed by atoms with van der Waals surface area (Å²) < 4.78 is 13.9. The van der Waals surface area contributed by atoms with Crippen LogP contribution in [0, 0.1) is 5.82 Å². The molecule has 9 heteroatoms. The predicted molar refractivity (Wildman–Crippen MR) is 87.7 cm³/mol. The van der Waals surface area contributed by atoms with E-state index in [0.29, 0.717) is 17.8 Å². The Morgan fingerprint density at radius 3 is 2.88 bits per heavy atom. The number of rotatable bonds is 3. The van der Waals surface area contributed by atoms with Gasteiger partial charge in [-0.3, -0.25) is 9.89 Å². The van der Waals surface area contributed by atoms with Gasteiger partial charge >= 0.3 is 5.97 Å². The second kappa shape index (κ2) is 6.10. The Morgan fingerprint density at radius 1 is 1.31 bits per heavy atom. The maximum absolute atomic E-state index is 13.9. The quantitative estimate of drug-likeness (QED) is 0.662. The van der Waals surface area contributed by atoms with Crippen LogP contribution in [0.25, 0.3) is 11.3 Å². The van der Waals surface area contributed by atoms with E-state index in [0.717, 1.165) is 0 Å². The van der Waals surface area contributed by atoms with Crippen LogP contribution < -0.4 is 0 Å². The number of carbonyl (C=O) groups excluding carboxylic acids is 1. The number of hydrogen-bond donors (Lipinski definition) is 3. The number of fused-ring (bicyclic) bond motifs is 1. The highest BCUT2D eigenvalue weighted by Crippen LogP contribution is 2.29. The molecule has 1 aliphatic heterocycles. The molecular formula is C17H14FN5O3. The van der Waals surface area contributed by atoms with Crippen molar-refractivity contribution in [3.63, 3.8) is 0 Å². The van der Waals surface area contributed by atoms with E-state index in [1.807, 2.05) is 0 Å². The lowest BCUT2D eigenvalue weighted by atomic mass is 10.0. The third-order valence-corrected chi connectivity index (χ3v) is 4.38. The lowest BCUT2D eigenvalue weighted by Gasteiger charge is -2.31. The molecule has 3 aromatic rings. The van der Waals surface area contributed by atoms with Crippen LogP contribution in [-0.4, -0.2) is 48.6 Å². The molecule has 0 spiro atoms. The van der Waals surface area contributed by atoms with Gasteiger partial charge in [-0.25, -0.2) is 14.2 Å². The minimum Gasteiger partial charge on any atom is -0.479 e. The molecule has 0 saturated heterocycles. The molecule has 0 radical (unpaired) electrons. The molecule has 1 unspecified atom stereocenters. The fourth-order valence-corrected chi connectivity index (χ4v) is 3.14. The van der Waals surface area contributed by atoms with Crippen molar-refractivity contribution in [2.24, 2.45) is 0 Å². The first kappa shape index (κ1) is 16.0. The van der Waals surface area contributed by atoms with Crippen molar-refractivity contribution < 1.29 is 19.1 Å². The van der Waals surface area contributed by atoms with Gasteiger partial charge in [0.2, 0.25) is 0 Å². The first-order valence-corrected chi connectivity index (χ1v) is 7.92. The average Bonchev–Trinajstić information content (AvgIpc) is 3.29. The van der Waals surface area contributed by atoms with Gasteiger partial charge in [0.25, 0.3) is 5.91 Å². The number of nitrogens with one attached hydrogen (secondary N) is 2. The highest BCUT2D eigenvalue weighted by atomic mass is 19.1. The summed E-state index contributed by atoms with van der Waals surface area (Å²) in [5.41, 5.74) is 1.65. The minimum atomic E-state index is -1.18. The summed E-state index contributed by atoms with van der Waals surface area (Å²) in [5.74, 6) is -2.15. The molecule has 132 valence electrons. The smallest absolute Gasteiger partial charge is 0.332 e. The van der Waals surface area contributed by atoms with Crippen molar-refractivity contribution in [2.45, 2.75) is 12.5 Å². The first-order chi connectivity index (χ1) is 12.6. The number of nitrogens with zero attached hydrogens (tertiary/aromatic N) is 3. The number of imidazole rings is 1. The van der Waals surface area contributed by atoms with Crippen LogP contribution >= 0.6 is 0 Å². The molecule has 1 aromatic carbocycles. The SMILES string of the molecule is O=C(O)C1c2nc[nH]c2CCN1C(=O)c1cc(-c2ccccc2F)n[nH]1. The molecule has 0 aliphatic carbocycles. The number of aromatic nitrogens is 4. The second-order valence-electron chi connectivity index (χ2n) is 5.90. The number of carbonyl (C=O) groups is 2. The number of hydrogen-bond acceptors (Lipinski definition) is 4. The van der Waals surface area contributed by atoms with Crippen LogP contribution in [0.5, 0.6) is 0 Å². The topological polar surface area (TPSA) is 115 Å². The van der Waals surface area contributed by atoms with Gasteiger partial charge < -0.3 is 15.0 Å². The highest BCUT2D eigenvalue weighted by Gasteiger charge is 2.38. The molecular weight excluding hydrogens is 341 g/mol. The Labute approximate surface area is 146 Å². The third-order valence-electron chi connectivity index (χ3n) is 4.38. The molecule has 4 rings (SSSR count). The number of aromatic amines is 2. The molecule has 3 N–H and O–H groups in total. The van der Waals surface area contributed by atoms with Gasteiger partial charge in [0.1, 0.15) is 11.5 Å². The highest BCUT2D eigenvalue weighted by molar-refractivity contribution is 5.96. The van der Waals surface area contributed by atoms with E-state index < -0.39 is 23.7 Å². The van der Waals surface area contributed by atoms with Crippen molar-refractivity contribution in [1.82, 2.24) is 25.1 Å². The number of benzene rings is 1. The molecule has 0 bridgehead atoms. The van der Waals surface area contributed by atoms with Crippen molar-refractivity contribution in [1.29, 1.82) is 0 Å². The Hall–Kier alpha value is -3.49. The zero-order valence-corrected chi connectivity index (χ0v) is 13.4. The standard InChI is InChI=1S/C17H14FN5O3/c18-10-4-2-1-3-9(10)12-7-13(22-21-12)16(24)23-6-5-11-14(20-8-19-11)15(23)17(25)26/h1-4,7-8,15H,5-6H2,(H,19,20)(H,21,22)(H,25,26). The monoisotopic (exact) mass is 355 g/mol. The summed E-state index contributed by atoms with van der Waals surface area (Å²) in [6.45, 7) is 0.221. The van der Waals surface area contributed by atoms with E-state index in [1.165, 1.54) is 23.4 Å². The molecule has 2 aromatic heterocycles. The second-order valence-corrected chi connectivity index (χ2v) is 5.90. The van der Waals surface area contributed by atoms with Crippen LogP contribution in [-0.2, 0) is 11.2 Å². The summed E-state index contributed by atoms with van der Waals surface area (Å²) in [5, 5.41) is 16.1. The summed E-state index contributed by atoms with van der Waals surface area (Å²) in [7, 11) is 0. The summed E-state index contributed by atoms with van der Waals surface area (Å²) in [6, 6.07) is 6.31. The maximum Gasteiger partial charge on any atom is 0.332 e. The van der Waals surface area contributed by atoms with E-state index >= 15 is 0 Å². The van der Waals surface area contributed by atoms with Crippen molar-refractivity contribution in [3.8, 4) is 11.3 Å². The van der Waals surface area contributed by atoms with Gasteiger partial charge in [-0.2, -0.15) is 5.10 Å². The van der Waals surface area contributed by atoms with Crippen molar-refractivity contribution >= 4 is 11.9 Å². The number of aliphatic carboxylic acids is 1. The van der Waals surface area contributed by atoms with E-state index in [-0.39, 0.29) is 23.5 Å². The molecule has 0 fully saturated rings. The summed E-state index contributed by atoms with van der Waals surface area (Å²) in [6.07, 6.45) is 1.89. The number of H-pyrrole nitrogens is 2. The Kier molecular flexibility index (Phi) is 3.76. The van der Waals surface area contributed by atoms with Gasteiger partial charge in [0.05, 0.1) is 17.7 Å². The van der Waals surface area contributed by atoms with Crippen molar-refractivity contribution in [2.75, 3.05) is 6.54 Å². The van der Waals surface area contributed by atoms with Gasteiger partial charge in [0.15, 0.2) is 6.04 Å². The molecule has 1 atom stereocenters. The molecule has 1 amide bonds. The number of carboxylic acid groups (broad SMARTS) is 1. The Morgan fingerprint density at radius 2 is 2.12 bits per heavy atom. The zero-order chi connectivity index (χ0) is 18.3. The average molecular weight is 355 g/mol. The van der Waals surface area contributed by atoms with E-state index in [9.17, 15) is 19.1 Å². The fraction of sp³-hybridized carbons (Fsp3) is 0.176. The van der Waals surface area contributed by atoms with Crippen LogP contribution in [0.2, 0.25) is 0 Å². The van der Waals surface area contributed by atoms with E-state index in [1.54, 1.807) is 18.2 Å². The number of halogens is 1. The fourth-order valence-electron chi connectivity index (χ4n) is 3.14. The summed E-state index contributed by atoms with van der Waals surface area (Å²) in [4.78, 5) is 32.7. The maximum atomic E-state index is 13.9. The number of amides is 1. The Bertz CT molecular complexity index is 996. The predicted octanol–water partition coefficient (Wildman–Crippen LogP) is 1.76. The van der Waals surface area contributed by atoms with Gasteiger partial charge in [0, 0.05) is 24.2 Å². The molecule has 0 saturated carbocycles. The first-order valence-electron chi connectivity index (χ1n) is 7.92. The van der Waals surface area contributed by atoms with Crippen LogP contribution in [0.3, 0.4) is 0 Å². The lowest BCUT2D eigenvalue weighted by Crippen LogP contribution is -2.43. The largest absolute Gasteiger partial charge is 0.479 e. The van der Waals surface area contributed by atoms with Crippen LogP contribution in [0.15, 0.2) is 36.7 Å².